The van der Waals surface area contributed by atoms with Crippen LogP contribution in [0.25, 0.3) is 22.0 Å². The highest BCUT2D eigenvalue weighted by Gasteiger charge is 2.17. The number of methoxy groups -OCH3 is 1. The second-order valence-corrected chi connectivity index (χ2v) is 8.27. The molecule has 2 heterocycles. The van der Waals surface area contributed by atoms with E-state index in [1.54, 1.807) is 35.4 Å². The predicted molar refractivity (Wildman–Crippen MR) is 124 cm³/mol. The molecule has 0 fully saturated rings. The topological polar surface area (TPSA) is 63.2 Å². The van der Waals surface area contributed by atoms with Crippen LogP contribution in [0.4, 0.5) is 20.4 Å². The van der Waals surface area contributed by atoms with Crippen molar-refractivity contribution in [2.24, 2.45) is 0 Å². The van der Waals surface area contributed by atoms with Crippen LogP contribution in [0.15, 0.2) is 53.7 Å². The van der Waals surface area contributed by atoms with E-state index in [0.29, 0.717) is 38.2 Å². The molecule has 164 valence electrons. The second kappa shape index (κ2) is 9.13. The number of rotatable bonds is 6. The number of nitrogens with zero attached hydrogens (tertiary/aromatic N) is 4. The van der Waals surface area contributed by atoms with Gasteiger partial charge in [-0.1, -0.05) is 17.7 Å². The Bertz CT molecular complexity index is 1310. The Morgan fingerprint density at radius 2 is 1.88 bits per heavy atom. The van der Waals surface area contributed by atoms with Gasteiger partial charge in [-0.05, 0) is 47.8 Å². The Kier molecular flexibility index (Phi) is 6.29. The Morgan fingerprint density at radius 1 is 1.06 bits per heavy atom. The summed E-state index contributed by atoms with van der Waals surface area (Å²) in [5.41, 5.74) is 1.01. The van der Waals surface area contributed by atoms with Crippen LogP contribution < -0.4 is 14.4 Å². The zero-order chi connectivity index (χ0) is 22.8. The lowest BCUT2D eigenvalue weighted by atomic mass is 10.0. The van der Waals surface area contributed by atoms with Crippen molar-refractivity contribution in [2.45, 2.75) is 4.90 Å². The SMILES string of the molecule is COc1ncc(Cl)cc1SNc1ccc(F)c(-c2ccc3nc(N(C)C)ncc3c2)c1F. The van der Waals surface area contributed by atoms with Crippen LogP contribution in [0, 0.1) is 11.6 Å². The van der Waals surface area contributed by atoms with Crippen molar-refractivity contribution in [1.82, 2.24) is 15.0 Å². The first kappa shape index (κ1) is 22.0. The summed E-state index contributed by atoms with van der Waals surface area (Å²) in [4.78, 5) is 15.1. The molecule has 0 aliphatic heterocycles. The quantitative estimate of drug-likeness (QED) is 0.354. The average molecular weight is 474 g/mol. The van der Waals surface area contributed by atoms with Gasteiger partial charge >= 0.3 is 0 Å². The number of ether oxygens (including phenoxy) is 1. The number of nitrogens with one attached hydrogen (secondary N) is 1. The summed E-state index contributed by atoms with van der Waals surface area (Å²) < 4.78 is 38.1. The van der Waals surface area contributed by atoms with Gasteiger partial charge in [-0.15, -0.1) is 0 Å². The van der Waals surface area contributed by atoms with Gasteiger partial charge in [-0.2, -0.15) is 0 Å². The Morgan fingerprint density at radius 3 is 2.62 bits per heavy atom. The van der Waals surface area contributed by atoms with Crippen LogP contribution in [0.1, 0.15) is 0 Å². The third-order valence-corrected chi connectivity index (χ3v) is 5.64. The molecule has 0 aliphatic carbocycles. The predicted octanol–water partition coefficient (Wildman–Crippen LogP) is 5.82. The van der Waals surface area contributed by atoms with Crippen molar-refractivity contribution in [3.8, 4) is 17.0 Å². The molecule has 6 nitrogen and oxygen atoms in total. The number of pyridine rings is 1. The number of benzene rings is 2. The first-order chi connectivity index (χ1) is 15.4. The standard InChI is InChI=1S/C22H18ClF2N5OS/c1-30(2)22-27-10-13-8-12(4-6-16(13)28-22)19-15(24)5-7-17(20(19)25)29-32-18-9-14(23)11-26-21(18)31-3/h4-11,29H,1-3H3. The minimum atomic E-state index is -0.725. The molecule has 0 saturated carbocycles. The maximum Gasteiger partial charge on any atom is 0.228 e. The summed E-state index contributed by atoms with van der Waals surface area (Å²) in [5.74, 6) is -0.514. The average Bonchev–Trinajstić information content (AvgIpc) is 2.78. The second-order valence-electron chi connectivity index (χ2n) is 6.99. The smallest absolute Gasteiger partial charge is 0.228 e. The molecule has 0 saturated heterocycles. The van der Waals surface area contributed by atoms with Crippen LogP contribution in [0.3, 0.4) is 0 Å². The summed E-state index contributed by atoms with van der Waals surface area (Å²) >= 11 is 7.05. The van der Waals surface area contributed by atoms with E-state index in [0.717, 1.165) is 11.9 Å². The van der Waals surface area contributed by atoms with E-state index in [-0.39, 0.29) is 11.3 Å². The van der Waals surface area contributed by atoms with Crippen molar-refractivity contribution >= 4 is 46.1 Å². The lowest BCUT2D eigenvalue weighted by Crippen LogP contribution is -2.12. The minimum Gasteiger partial charge on any atom is -0.480 e. The van der Waals surface area contributed by atoms with Gasteiger partial charge in [0.2, 0.25) is 11.8 Å². The molecule has 2 aromatic heterocycles. The maximum atomic E-state index is 15.3. The van der Waals surface area contributed by atoms with Crippen molar-refractivity contribution in [2.75, 3.05) is 30.8 Å². The summed E-state index contributed by atoms with van der Waals surface area (Å²) in [7, 11) is 5.15. The molecule has 0 amide bonds. The maximum absolute atomic E-state index is 15.3. The third-order valence-electron chi connectivity index (χ3n) is 4.60. The number of anilines is 2. The zero-order valence-corrected chi connectivity index (χ0v) is 18.9. The fourth-order valence-corrected chi connectivity index (χ4v) is 4.04. The molecule has 0 radical (unpaired) electrons. The highest BCUT2D eigenvalue weighted by Crippen LogP contribution is 2.36. The molecule has 0 bridgehead atoms. The number of aromatic nitrogens is 3. The molecular formula is C22H18ClF2N5OS. The highest BCUT2D eigenvalue weighted by atomic mass is 35.5. The largest absolute Gasteiger partial charge is 0.480 e. The molecule has 0 unspecified atom stereocenters. The van der Waals surface area contributed by atoms with Gasteiger partial charge in [-0.25, -0.2) is 23.7 Å². The molecule has 32 heavy (non-hydrogen) atoms. The Balaban J connectivity index is 1.68. The van der Waals surface area contributed by atoms with E-state index in [9.17, 15) is 4.39 Å². The van der Waals surface area contributed by atoms with Crippen molar-refractivity contribution in [1.29, 1.82) is 0 Å². The monoisotopic (exact) mass is 473 g/mol. The van der Waals surface area contributed by atoms with E-state index in [2.05, 4.69) is 19.7 Å². The summed E-state index contributed by atoms with van der Waals surface area (Å²) in [6, 6.07) is 9.20. The number of halogens is 3. The van der Waals surface area contributed by atoms with Crippen molar-refractivity contribution < 1.29 is 13.5 Å². The minimum absolute atomic E-state index is 0.104. The molecule has 2 aromatic carbocycles. The van der Waals surface area contributed by atoms with E-state index < -0.39 is 11.6 Å². The fraction of sp³-hybridized carbons (Fsp3) is 0.136. The Hall–Kier alpha value is -3.17. The van der Waals surface area contributed by atoms with Crippen molar-refractivity contribution in [3.05, 3.63) is 65.4 Å². The summed E-state index contributed by atoms with van der Waals surface area (Å²) in [6.45, 7) is 0. The van der Waals surface area contributed by atoms with Gasteiger partial charge in [0.15, 0.2) is 5.82 Å². The lowest BCUT2D eigenvalue weighted by molar-refractivity contribution is 0.387. The summed E-state index contributed by atoms with van der Waals surface area (Å²) in [6.07, 6.45) is 3.08. The van der Waals surface area contributed by atoms with Gasteiger partial charge in [0, 0.05) is 31.9 Å². The van der Waals surface area contributed by atoms with Crippen molar-refractivity contribution in [3.63, 3.8) is 0 Å². The number of fused-ring (bicyclic) bond motifs is 1. The molecule has 1 N–H and O–H groups in total. The molecule has 0 atom stereocenters. The van der Waals surface area contributed by atoms with Gasteiger partial charge in [-0.3, -0.25) is 0 Å². The zero-order valence-electron chi connectivity index (χ0n) is 17.4. The van der Waals surface area contributed by atoms with E-state index in [1.807, 2.05) is 14.1 Å². The lowest BCUT2D eigenvalue weighted by Gasteiger charge is -2.13. The molecule has 10 heteroatoms. The van der Waals surface area contributed by atoms with Crippen LogP contribution in [-0.2, 0) is 0 Å². The van der Waals surface area contributed by atoms with Gasteiger partial charge in [0.05, 0.1) is 33.8 Å². The first-order valence-electron chi connectivity index (χ1n) is 9.42. The normalized spacial score (nSPS) is 10.9. The van der Waals surface area contributed by atoms with Gasteiger partial charge < -0.3 is 14.4 Å². The van der Waals surface area contributed by atoms with Gasteiger partial charge in [0.25, 0.3) is 0 Å². The third kappa shape index (κ3) is 4.39. The fourth-order valence-electron chi connectivity index (χ4n) is 3.04. The van der Waals surface area contributed by atoms with Crippen LogP contribution in [0.2, 0.25) is 5.02 Å². The van der Waals surface area contributed by atoms with Crippen LogP contribution >= 0.6 is 23.5 Å². The first-order valence-corrected chi connectivity index (χ1v) is 10.6. The molecule has 0 aliphatic rings. The number of hydrogen-bond donors (Lipinski definition) is 1. The number of hydrogen-bond acceptors (Lipinski definition) is 7. The van der Waals surface area contributed by atoms with E-state index in [4.69, 9.17) is 16.3 Å². The summed E-state index contributed by atoms with van der Waals surface area (Å²) in [5, 5.41) is 1.08. The molecular weight excluding hydrogens is 456 g/mol. The van der Waals surface area contributed by atoms with Crippen LogP contribution in [0.5, 0.6) is 5.88 Å². The van der Waals surface area contributed by atoms with E-state index >= 15 is 4.39 Å². The molecule has 4 aromatic rings. The molecule has 4 rings (SSSR count). The van der Waals surface area contributed by atoms with Crippen LogP contribution in [-0.4, -0.2) is 36.2 Å². The highest BCUT2D eigenvalue weighted by molar-refractivity contribution is 8.00. The van der Waals surface area contributed by atoms with E-state index in [1.165, 1.54) is 25.4 Å². The molecule has 0 spiro atoms. The Labute approximate surface area is 192 Å². The van der Waals surface area contributed by atoms with Gasteiger partial charge in [0.1, 0.15) is 5.82 Å².